The van der Waals surface area contributed by atoms with Crippen LogP contribution in [0.1, 0.15) is 28.7 Å². The lowest BCUT2D eigenvalue weighted by molar-refractivity contribution is 0.467. The maximum Gasteiger partial charge on any atom is 0.121 e. The van der Waals surface area contributed by atoms with Crippen molar-refractivity contribution in [2.75, 3.05) is 0 Å². The summed E-state index contributed by atoms with van der Waals surface area (Å²) in [6.07, 6.45) is 2.19. The first kappa shape index (κ1) is 12.0. The monoisotopic (exact) mass is 250 g/mol. The molecule has 3 rings (SSSR count). The summed E-state index contributed by atoms with van der Waals surface area (Å²) in [6.45, 7) is 8.02. The topological polar surface area (TPSA) is 20.2 Å². The molecule has 0 unspecified atom stereocenters. The van der Waals surface area contributed by atoms with E-state index in [1.165, 1.54) is 22.3 Å². The van der Waals surface area contributed by atoms with Crippen molar-refractivity contribution in [3.8, 4) is 16.9 Å². The summed E-state index contributed by atoms with van der Waals surface area (Å²) in [5.74, 6) is 0.398. The zero-order chi connectivity index (χ0) is 13.6. The van der Waals surface area contributed by atoms with Crippen LogP contribution >= 0.6 is 0 Å². The Balaban J connectivity index is 2.13. The number of fused-ring (bicyclic) bond motifs is 1. The average Bonchev–Trinajstić information content (AvgIpc) is 2.77. The van der Waals surface area contributed by atoms with Crippen LogP contribution in [0.2, 0.25) is 0 Å². The van der Waals surface area contributed by atoms with Crippen LogP contribution in [0, 0.1) is 13.8 Å². The first-order valence-corrected chi connectivity index (χ1v) is 6.68. The van der Waals surface area contributed by atoms with Crippen molar-refractivity contribution in [3.05, 3.63) is 59.2 Å². The lowest BCUT2D eigenvalue weighted by atomic mass is 9.96. The van der Waals surface area contributed by atoms with Gasteiger partial charge < -0.3 is 5.11 Å². The van der Waals surface area contributed by atoms with Crippen LogP contribution < -0.4 is 0 Å². The third-order valence-corrected chi connectivity index (χ3v) is 4.01. The summed E-state index contributed by atoms with van der Waals surface area (Å²) < 4.78 is 0. The van der Waals surface area contributed by atoms with Gasteiger partial charge in [0.2, 0.25) is 0 Å². The molecule has 1 nitrogen and oxygen atoms in total. The summed E-state index contributed by atoms with van der Waals surface area (Å²) in [5, 5.41) is 9.86. The Hall–Kier alpha value is -2.02. The molecule has 1 aliphatic rings. The molecule has 1 aliphatic carbocycles. The van der Waals surface area contributed by atoms with Gasteiger partial charge >= 0.3 is 0 Å². The molecule has 0 bridgehead atoms. The zero-order valence-corrected chi connectivity index (χ0v) is 11.5. The molecular formula is C18H18O. The van der Waals surface area contributed by atoms with E-state index in [0.717, 1.165) is 29.5 Å². The van der Waals surface area contributed by atoms with Crippen molar-refractivity contribution < 1.29 is 5.11 Å². The van der Waals surface area contributed by atoms with Gasteiger partial charge in [0, 0.05) is 0 Å². The number of benzene rings is 2. The van der Waals surface area contributed by atoms with Crippen LogP contribution in [0.3, 0.4) is 0 Å². The van der Waals surface area contributed by atoms with Gasteiger partial charge in [0.05, 0.1) is 0 Å². The minimum Gasteiger partial charge on any atom is -0.507 e. The standard InChI is InChI=1S/C18H18O/c1-11-4-5-14-6-7-15(10-17(11)14)16-8-12(2)18(19)13(3)9-16/h6-10,19H,1,4-5H2,2-3H3. The van der Waals surface area contributed by atoms with Crippen molar-refractivity contribution in [3.63, 3.8) is 0 Å². The van der Waals surface area contributed by atoms with Gasteiger partial charge in [-0.1, -0.05) is 18.7 Å². The van der Waals surface area contributed by atoms with Gasteiger partial charge in [0.25, 0.3) is 0 Å². The Labute approximate surface area is 114 Å². The smallest absolute Gasteiger partial charge is 0.121 e. The van der Waals surface area contributed by atoms with Gasteiger partial charge in [-0.25, -0.2) is 0 Å². The largest absolute Gasteiger partial charge is 0.507 e. The van der Waals surface area contributed by atoms with E-state index in [1.807, 2.05) is 26.0 Å². The predicted molar refractivity (Wildman–Crippen MR) is 80.4 cm³/mol. The number of hydrogen-bond acceptors (Lipinski definition) is 1. The number of aryl methyl sites for hydroxylation is 3. The summed E-state index contributed by atoms with van der Waals surface area (Å²) in [5.41, 5.74) is 8.16. The number of allylic oxidation sites excluding steroid dienone is 1. The van der Waals surface area contributed by atoms with Crippen molar-refractivity contribution in [1.82, 2.24) is 0 Å². The highest BCUT2D eigenvalue weighted by atomic mass is 16.3. The highest BCUT2D eigenvalue weighted by molar-refractivity contribution is 5.77. The van der Waals surface area contributed by atoms with E-state index in [-0.39, 0.29) is 0 Å². The normalized spacial score (nSPS) is 13.7. The van der Waals surface area contributed by atoms with Crippen LogP contribution in [-0.4, -0.2) is 5.11 Å². The predicted octanol–water partition coefficient (Wildman–Crippen LogP) is 4.64. The van der Waals surface area contributed by atoms with Crippen molar-refractivity contribution in [2.45, 2.75) is 26.7 Å². The van der Waals surface area contributed by atoms with E-state index < -0.39 is 0 Å². The van der Waals surface area contributed by atoms with Gasteiger partial charge in [-0.05, 0) is 83.8 Å². The van der Waals surface area contributed by atoms with Gasteiger partial charge in [-0.2, -0.15) is 0 Å². The second-order valence-corrected chi connectivity index (χ2v) is 5.43. The average molecular weight is 250 g/mol. The molecular weight excluding hydrogens is 232 g/mol. The molecule has 0 fully saturated rings. The van der Waals surface area contributed by atoms with Gasteiger partial charge in [-0.3, -0.25) is 0 Å². The Kier molecular flexibility index (Phi) is 2.70. The SMILES string of the molecule is C=C1CCc2ccc(-c3cc(C)c(O)c(C)c3)cc21. The fraction of sp³-hybridized carbons (Fsp3) is 0.222. The number of hydrogen-bond donors (Lipinski definition) is 1. The maximum absolute atomic E-state index is 9.86. The molecule has 19 heavy (non-hydrogen) atoms. The molecule has 2 aromatic rings. The Bertz CT molecular complexity index is 657. The van der Waals surface area contributed by atoms with Crippen LogP contribution in [0.5, 0.6) is 5.75 Å². The molecule has 0 atom stereocenters. The number of phenols is 1. The molecule has 1 heteroatoms. The molecule has 1 N–H and O–H groups in total. The van der Waals surface area contributed by atoms with Crippen LogP contribution in [0.25, 0.3) is 16.7 Å². The Morgan fingerprint density at radius 2 is 1.63 bits per heavy atom. The van der Waals surface area contributed by atoms with E-state index in [4.69, 9.17) is 0 Å². The fourth-order valence-electron chi connectivity index (χ4n) is 2.85. The highest BCUT2D eigenvalue weighted by Gasteiger charge is 2.15. The summed E-state index contributed by atoms with van der Waals surface area (Å²) in [7, 11) is 0. The van der Waals surface area contributed by atoms with E-state index in [1.54, 1.807) is 0 Å². The van der Waals surface area contributed by atoms with Gasteiger partial charge in [0.1, 0.15) is 5.75 Å². The van der Waals surface area contributed by atoms with Crippen LogP contribution in [-0.2, 0) is 6.42 Å². The molecule has 96 valence electrons. The molecule has 0 saturated heterocycles. The van der Waals surface area contributed by atoms with Crippen LogP contribution in [0.15, 0.2) is 36.9 Å². The first-order valence-electron chi connectivity index (χ1n) is 6.68. The fourth-order valence-corrected chi connectivity index (χ4v) is 2.85. The maximum atomic E-state index is 9.86. The quantitative estimate of drug-likeness (QED) is 0.782. The van der Waals surface area contributed by atoms with Gasteiger partial charge in [0.15, 0.2) is 0 Å². The third-order valence-electron chi connectivity index (χ3n) is 4.01. The van der Waals surface area contributed by atoms with E-state index in [0.29, 0.717) is 5.75 Å². The summed E-state index contributed by atoms with van der Waals surface area (Å²) in [4.78, 5) is 0. The molecule has 0 amide bonds. The minimum absolute atomic E-state index is 0.398. The lowest BCUT2D eigenvalue weighted by Crippen LogP contribution is -1.87. The minimum atomic E-state index is 0.398. The molecule has 0 radical (unpaired) electrons. The Morgan fingerprint density at radius 1 is 0.947 bits per heavy atom. The third kappa shape index (κ3) is 1.95. The van der Waals surface area contributed by atoms with Crippen molar-refractivity contribution >= 4 is 5.57 Å². The lowest BCUT2D eigenvalue weighted by Gasteiger charge is -2.10. The van der Waals surface area contributed by atoms with Crippen molar-refractivity contribution in [2.24, 2.45) is 0 Å². The molecule has 2 aromatic carbocycles. The van der Waals surface area contributed by atoms with Gasteiger partial charge in [-0.15, -0.1) is 0 Å². The number of rotatable bonds is 1. The first-order chi connectivity index (χ1) is 9.06. The van der Waals surface area contributed by atoms with E-state index in [9.17, 15) is 5.11 Å². The molecule has 0 heterocycles. The van der Waals surface area contributed by atoms with Crippen molar-refractivity contribution in [1.29, 1.82) is 0 Å². The van der Waals surface area contributed by atoms with Crippen LogP contribution in [0.4, 0.5) is 0 Å². The molecule has 0 spiro atoms. The Morgan fingerprint density at radius 3 is 2.32 bits per heavy atom. The summed E-state index contributed by atoms with van der Waals surface area (Å²) in [6, 6.07) is 10.7. The van der Waals surface area contributed by atoms with E-state index in [2.05, 4.69) is 24.8 Å². The highest BCUT2D eigenvalue weighted by Crippen LogP contribution is 2.35. The molecule has 0 aliphatic heterocycles. The van der Waals surface area contributed by atoms with E-state index >= 15 is 0 Å². The number of phenolic OH excluding ortho intramolecular Hbond substituents is 1. The zero-order valence-electron chi connectivity index (χ0n) is 11.5. The molecule has 0 aromatic heterocycles. The number of aromatic hydroxyl groups is 1. The second-order valence-electron chi connectivity index (χ2n) is 5.43. The molecule has 0 saturated carbocycles. The summed E-state index contributed by atoms with van der Waals surface area (Å²) >= 11 is 0. The second kappa shape index (κ2) is 4.27.